The molecule has 1 aromatic heterocycles. The lowest BCUT2D eigenvalue weighted by atomic mass is 10.0. The van der Waals surface area contributed by atoms with E-state index in [0.717, 1.165) is 29.4 Å². The SMILES string of the molecule is Nc1ccc2[nH]c(=O)n([C@H]3CCCN(C(=O)Cc4cccc(Cl)c4)C3)c2c1. The number of benzene rings is 2. The lowest BCUT2D eigenvalue weighted by molar-refractivity contribution is -0.132. The Kier molecular flexibility index (Phi) is 4.66. The van der Waals surface area contributed by atoms with E-state index in [1.165, 1.54) is 0 Å². The van der Waals surface area contributed by atoms with Gasteiger partial charge in [-0.3, -0.25) is 9.36 Å². The first-order chi connectivity index (χ1) is 13.0. The third kappa shape index (κ3) is 3.57. The zero-order valence-corrected chi connectivity index (χ0v) is 15.6. The number of carbonyl (C=O) groups is 1. The molecule has 3 N–H and O–H groups in total. The van der Waals surface area contributed by atoms with Crippen molar-refractivity contribution in [2.24, 2.45) is 0 Å². The maximum atomic E-state index is 12.8. The van der Waals surface area contributed by atoms with Crippen molar-refractivity contribution in [3.05, 3.63) is 63.5 Å². The molecule has 4 rings (SSSR count). The molecule has 27 heavy (non-hydrogen) atoms. The fourth-order valence-corrected chi connectivity index (χ4v) is 4.04. The molecule has 0 unspecified atom stereocenters. The second-order valence-corrected chi connectivity index (χ2v) is 7.46. The highest BCUT2D eigenvalue weighted by Crippen LogP contribution is 2.25. The Labute approximate surface area is 161 Å². The monoisotopic (exact) mass is 384 g/mol. The van der Waals surface area contributed by atoms with E-state index in [9.17, 15) is 9.59 Å². The Hall–Kier alpha value is -2.73. The number of nitrogens with two attached hydrogens (primary N) is 1. The van der Waals surface area contributed by atoms with Crippen LogP contribution < -0.4 is 11.4 Å². The summed E-state index contributed by atoms with van der Waals surface area (Å²) in [5.74, 6) is 0.0503. The normalized spacial score (nSPS) is 17.4. The smallest absolute Gasteiger partial charge is 0.326 e. The summed E-state index contributed by atoms with van der Waals surface area (Å²) in [7, 11) is 0. The van der Waals surface area contributed by atoms with Gasteiger partial charge in [-0.05, 0) is 48.7 Å². The molecule has 3 aromatic rings. The van der Waals surface area contributed by atoms with Crippen LogP contribution in [0.2, 0.25) is 5.02 Å². The molecule has 1 amide bonds. The number of halogens is 1. The summed E-state index contributed by atoms with van der Waals surface area (Å²) in [5.41, 5.74) is 8.79. The van der Waals surface area contributed by atoms with Crippen molar-refractivity contribution in [2.45, 2.75) is 25.3 Å². The lowest BCUT2D eigenvalue weighted by Gasteiger charge is -2.33. The summed E-state index contributed by atoms with van der Waals surface area (Å²) >= 11 is 6.01. The molecule has 6 nitrogen and oxygen atoms in total. The van der Waals surface area contributed by atoms with Crippen molar-refractivity contribution in [3.63, 3.8) is 0 Å². The first-order valence-corrected chi connectivity index (χ1v) is 9.41. The standard InChI is InChI=1S/C20H21ClN4O2/c21-14-4-1-3-13(9-14)10-19(26)24-8-2-5-16(12-24)25-18-11-15(22)6-7-17(18)23-20(25)27/h1,3-4,6-7,9,11,16H,2,5,8,10,12,22H2,(H,23,27)/t16-/m0/s1. The van der Waals surface area contributed by atoms with Crippen LogP contribution in [0.25, 0.3) is 11.0 Å². The van der Waals surface area contributed by atoms with Gasteiger partial charge in [-0.25, -0.2) is 4.79 Å². The van der Waals surface area contributed by atoms with E-state index in [1.807, 2.05) is 29.2 Å². The molecule has 0 aliphatic carbocycles. The van der Waals surface area contributed by atoms with Crippen LogP contribution in [-0.2, 0) is 11.2 Å². The van der Waals surface area contributed by atoms with E-state index >= 15 is 0 Å². The van der Waals surface area contributed by atoms with Gasteiger partial charge in [0.05, 0.1) is 23.5 Å². The van der Waals surface area contributed by atoms with Gasteiger partial charge in [0.25, 0.3) is 0 Å². The van der Waals surface area contributed by atoms with E-state index in [0.29, 0.717) is 30.2 Å². The molecular formula is C20H21ClN4O2. The lowest BCUT2D eigenvalue weighted by Crippen LogP contribution is -2.43. The fourth-order valence-electron chi connectivity index (χ4n) is 3.83. The van der Waals surface area contributed by atoms with Crippen LogP contribution in [0, 0.1) is 0 Å². The minimum atomic E-state index is -0.162. The number of aromatic amines is 1. The Bertz CT molecular complexity index is 1060. The molecule has 7 heteroatoms. The highest BCUT2D eigenvalue weighted by Gasteiger charge is 2.27. The summed E-state index contributed by atoms with van der Waals surface area (Å²) in [6.07, 6.45) is 2.01. The number of piperidine rings is 1. The minimum absolute atomic E-state index is 0.0503. The number of aromatic nitrogens is 2. The summed E-state index contributed by atoms with van der Waals surface area (Å²) in [5, 5.41) is 0.625. The zero-order chi connectivity index (χ0) is 19.0. The molecular weight excluding hydrogens is 364 g/mol. The molecule has 0 radical (unpaired) electrons. The Morgan fingerprint density at radius 1 is 1.26 bits per heavy atom. The number of hydrogen-bond donors (Lipinski definition) is 2. The predicted octanol–water partition coefficient (Wildman–Crippen LogP) is 2.97. The number of H-pyrrole nitrogens is 1. The fraction of sp³-hybridized carbons (Fsp3) is 0.300. The van der Waals surface area contributed by atoms with E-state index < -0.39 is 0 Å². The largest absolute Gasteiger partial charge is 0.399 e. The Balaban J connectivity index is 1.56. The van der Waals surface area contributed by atoms with Crippen LogP contribution in [0.15, 0.2) is 47.3 Å². The van der Waals surface area contributed by atoms with Gasteiger partial charge >= 0.3 is 5.69 Å². The number of nitrogens with one attached hydrogen (secondary N) is 1. The average Bonchev–Trinajstić information content (AvgIpc) is 2.97. The number of likely N-dealkylation sites (tertiary alicyclic amines) is 1. The third-order valence-electron chi connectivity index (χ3n) is 5.10. The van der Waals surface area contributed by atoms with Gasteiger partial charge in [0.15, 0.2) is 0 Å². The Morgan fingerprint density at radius 2 is 2.11 bits per heavy atom. The number of anilines is 1. The summed E-state index contributed by atoms with van der Waals surface area (Å²) in [6, 6.07) is 12.7. The van der Waals surface area contributed by atoms with Crippen LogP contribution in [0.4, 0.5) is 5.69 Å². The molecule has 0 saturated carbocycles. The number of hydrogen-bond acceptors (Lipinski definition) is 3. The second kappa shape index (κ2) is 7.12. The Morgan fingerprint density at radius 3 is 2.93 bits per heavy atom. The maximum Gasteiger partial charge on any atom is 0.326 e. The van der Waals surface area contributed by atoms with Crippen LogP contribution in [0.5, 0.6) is 0 Å². The van der Waals surface area contributed by atoms with Gasteiger partial charge in [0.2, 0.25) is 5.91 Å². The molecule has 2 aromatic carbocycles. The van der Waals surface area contributed by atoms with Gasteiger partial charge in [-0.1, -0.05) is 23.7 Å². The molecule has 2 heterocycles. The highest BCUT2D eigenvalue weighted by atomic mass is 35.5. The number of fused-ring (bicyclic) bond motifs is 1. The molecule has 1 aliphatic rings. The quantitative estimate of drug-likeness (QED) is 0.681. The summed E-state index contributed by atoms with van der Waals surface area (Å²) in [6.45, 7) is 1.22. The van der Waals surface area contributed by atoms with Crippen molar-refractivity contribution in [3.8, 4) is 0 Å². The van der Waals surface area contributed by atoms with Crippen molar-refractivity contribution in [1.29, 1.82) is 0 Å². The van der Waals surface area contributed by atoms with Crippen LogP contribution in [-0.4, -0.2) is 33.4 Å². The van der Waals surface area contributed by atoms with Crippen LogP contribution in [0.1, 0.15) is 24.4 Å². The number of carbonyl (C=O) groups excluding carboxylic acids is 1. The maximum absolute atomic E-state index is 12.8. The van der Waals surface area contributed by atoms with E-state index in [-0.39, 0.29) is 17.6 Å². The number of nitrogens with zero attached hydrogens (tertiary/aromatic N) is 2. The van der Waals surface area contributed by atoms with Crippen molar-refractivity contribution in [1.82, 2.24) is 14.5 Å². The second-order valence-electron chi connectivity index (χ2n) is 7.02. The van der Waals surface area contributed by atoms with Crippen molar-refractivity contribution >= 4 is 34.2 Å². The van der Waals surface area contributed by atoms with Gasteiger partial charge in [-0.2, -0.15) is 0 Å². The van der Waals surface area contributed by atoms with Crippen LogP contribution >= 0.6 is 11.6 Å². The first kappa shape index (κ1) is 17.7. The van der Waals surface area contributed by atoms with Crippen molar-refractivity contribution < 1.29 is 4.79 Å². The average molecular weight is 385 g/mol. The van der Waals surface area contributed by atoms with E-state index in [2.05, 4.69) is 4.98 Å². The molecule has 140 valence electrons. The molecule has 1 fully saturated rings. The van der Waals surface area contributed by atoms with Gasteiger partial charge in [-0.15, -0.1) is 0 Å². The molecule has 1 atom stereocenters. The highest BCUT2D eigenvalue weighted by molar-refractivity contribution is 6.30. The van der Waals surface area contributed by atoms with Gasteiger partial charge < -0.3 is 15.6 Å². The predicted molar refractivity (Wildman–Crippen MR) is 107 cm³/mol. The molecule has 1 aliphatic heterocycles. The zero-order valence-electron chi connectivity index (χ0n) is 14.8. The summed E-state index contributed by atoms with van der Waals surface area (Å²) < 4.78 is 1.74. The van der Waals surface area contributed by atoms with Gasteiger partial charge in [0, 0.05) is 23.8 Å². The molecule has 0 bridgehead atoms. The molecule has 1 saturated heterocycles. The number of amides is 1. The summed E-state index contributed by atoms with van der Waals surface area (Å²) in [4.78, 5) is 30.0. The third-order valence-corrected chi connectivity index (χ3v) is 5.34. The number of imidazole rings is 1. The van der Waals surface area contributed by atoms with E-state index in [4.69, 9.17) is 17.3 Å². The van der Waals surface area contributed by atoms with Crippen LogP contribution in [0.3, 0.4) is 0 Å². The topological polar surface area (TPSA) is 84.1 Å². The number of rotatable bonds is 3. The minimum Gasteiger partial charge on any atom is -0.399 e. The number of nitrogen functional groups attached to an aromatic ring is 1. The van der Waals surface area contributed by atoms with Gasteiger partial charge in [0.1, 0.15) is 0 Å². The van der Waals surface area contributed by atoms with Crippen molar-refractivity contribution in [2.75, 3.05) is 18.8 Å². The first-order valence-electron chi connectivity index (χ1n) is 9.03. The molecule has 0 spiro atoms. The van der Waals surface area contributed by atoms with E-state index in [1.54, 1.807) is 22.8 Å².